The van der Waals surface area contributed by atoms with Gasteiger partial charge < -0.3 is 4.98 Å². The van der Waals surface area contributed by atoms with Crippen molar-refractivity contribution < 1.29 is 9.85 Å². The third-order valence-electron chi connectivity index (χ3n) is 3.33. The van der Waals surface area contributed by atoms with Crippen LogP contribution in [-0.4, -0.2) is 19.8 Å². The van der Waals surface area contributed by atoms with Crippen LogP contribution in [0, 0.1) is 20.2 Å². The fourth-order valence-corrected chi connectivity index (χ4v) is 2.39. The standard InChI is InChI=1S/C14H10N4O4/c19-17(20)11-6-12-14(13(7-11)18(21)22)9(8-16-12)5-10-3-1-2-4-15-10/h1-4,6-8,16H,5H2. The van der Waals surface area contributed by atoms with Gasteiger partial charge in [-0.1, -0.05) is 6.07 Å². The Hall–Kier alpha value is -3.29. The molecule has 2 aromatic heterocycles. The number of fused-ring (bicyclic) bond motifs is 1. The molecule has 0 unspecified atom stereocenters. The molecule has 3 rings (SSSR count). The molecule has 0 bridgehead atoms. The van der Waals surface area contributed by atoms with E-state index < -0.39 is 9.85 Å². The van der Waals surface area contributed by atoms with Crippen molar-refractivity contribution in [3.05, 3.63) is 74.2 Å². The van der Waals surface area contributed by atoms with Crippen LogP contribution in [0.4, 0.5) is 11.4 Å². The molecule has 1 aromatic carbocycles. The zero-order valence-electron chi connectivity index (χ0n) is 11.2. The maximum absolute atomic E-state index is 11.2. The molecule has 0 aliphatic carbocycles. The number of nitro groups is 2. The second-order valence-electron chi connectivity index (χ2n) is 4.71. The quantitative estimate of drug-likeness (QED) is 0.587. The average molecular weight is 298 g/mol. The number of pyridine rings is 1. The summed E-state index contributed by atoms with van der Waals surface area (Å²) in [6.45, 7) is 0. The molecule has 8 heteroatoms. The van der Waals surface area contributed by atoms with Gasteiger partial charge in [0.25, 0.3) is 11.4 Å². The fraction of sp³-hybridized carbons (Fsp3) is 0.0714. The summed E-state index contributed by atoms with van der Waals surface area (Å²) < 4.78 is 0. The average Bonchev–Trinajstić information content (AvgIpc) is 2.90. The van der Waals surface area contributed by atoms with Gasteiger partial charge in [0.2, 0.25) is 0 Å². The van der Waals surface area contributed by atoms with E-state index in [0.29, 0.717) is 22.9 Å². The van der Waals surface area contributed by atoms with E-state index in [4.69, 9.17) is 0 Å². The van der Waals surface area contributed by atoms with Crippen molar-refractivity contribution in [1.82, 2.24) is 9.97 Å². The number of aromatic amines is 1. The van der Waals surface area contributed by atoms with Crippen LogP contribution >= 0.6 is 0 Å². The van der Waals surface area contributed by atoms with Crippen LogP contribution in [0.5, 0.6) is 0 Å². The highest BCUT2D eigenvalue weighted by molar-refractivity contribution is 5.94. The molecule has 22 heavy (non-hydrogen) atoms. The summed E-state index contributed by atoms with van der Waals surface area (Å²) >= 11 is 0. The zero-order valence-corrected chi connectivity index (χ0v) is 11.2. The minimum Gasteiger partial charge on any atom is -0.360 e. The van der Waals surface area contributed by atoms with Gasteiger partial charge in [-0.25, -0.2) is 0 Å². The normalized spacial score (nSPS) is 10.7. The van der Waals surface area contributed by atoms with Crippen molar-refractivity contribution >= 4 is 22.3 Å². The molecule has 0 spiro atoms. The van der Waals surface area contributed by atoms with Gasteiger partial charge in [-0.3, -0.25) is 25.2 Å². The van der Waals surface area contributed by atoms with E-state index in [2.05, 4.69) is 9.97 Å². The summed E-state index contributed by atoms with van der Waals surface area (Å²) in [4.78, 5) is 27.9. The molecule has 8 nitrogen and oxygen atoms in total. The minimum absolute atomic E-state index is 0.281. The molecule has 3 aromatic rings. The molecule has 110 valence electrons. The van der Waals surface area contributed by atoms with Gasteiger partial charge in [0, 0.05) is 30.6 Å². The van der Waals surface area contributed by atoms with Crippen LogP contribution in [0.1, 0.15) is 11.3 Å². The summed E-state index contributed by atoms with van der Waals surface area (Å²) in [5, 5.41) is 22.5. The van der Waals surface area contributed by atoms with Crippen LogP contribution in [-0.2, 0) is 6.42 Å². The van der Waals surface area contributed by atoms with E-state index in [-0.39, 0.29) is 11.4 Å². The van der Waals surface area contributed by atoms with Crippen LogP contribution in [0.15, 0.2) is 42.7 Å². The highest BCUT2D eigenvalue weighted by Crippen LogP contribution is 2.33. The van der Waals surface area contributed by atoms with E-state index in [1.807, 2.05) is 12.1 Å². The van der Waals surface area contributed by atoms with Gasteiger partial charge in [-0.15, -0.1) is 0 Å². The molecular formula is C14H10N4O4. The van der Waals surface area contributed by atoms with Crippen LogP contribution < -0.4 is 0 Å². The highest BCUT2D eigenvalue weighted by Gasteiger charge is 2.23. The molecule has 0 saturated heterocycles. The Morgan fingerprint density at radius 3 is 2.59 bits per heavy atom. The Kier molecular flexibility index (Phi) is 3.26. The Bertz CT molecular complexity index is 873. The van der Waals surface area contributed by atoms with Crippen LogP contribution in [0.3, 0.4) is 0 Å². The number of hydrogen-bond donors (Lipinski definition) is 1. The van der Waals surface area contributed by atoms with E-state index in [1.54, 1.807) is 18.5 Å². The van der Waals surface area contributed by atoms with Crippen molar-refractivity contribution in [2.45, 2.75) is 6.42 Å². The predicted molar refractivity (Wildman–Crippen MR) is 78.7 cm³/mol. The summed E-state index contributed by atoms with van der Waals surface area (Å²) in [5.74, 6) is 0. The number of aromatic nitrogens is 2. The number of hydrogen-bond acceptors (Lipinski definition) is 5. The van der Waals surface area contributed by atoms with Gasteiger partial charge in [0.15, 0.2) is 0 Å². The monoisotopic (exact) mass is 298 g/mol. The van der Waals surface area contributed by atoms with Crippen molar-refractivity contribution in [2.24, 2.45) is 0 Å². The number of rotatable bonds is 4. The third-order valence-corrected chi connectivity index (χ3v) is 3.33. The maximum Gasteiger partial charge on any atom is 0.285 e. The third kappa shape index (κ3) is 2.37. The molecule has 0 aliphatic rings. The number of H-pyrrole nitrogens is 1. The van der Waals surface area contributed by atoms with Gasteiger partial charge in [-0.2, -0.15) is 0 Å². The van der Waals surface area contributed by atoms with E-state index in [0.717, 1.165) is 11.8 Å². The van der Waals surface area contributed by atoms with E-state index in [1.165, 1.54) is 6.07 Å². The second-order valence-corrected chi connectivity index (χ2v) is 4.71. The molecule has 0 fully saturated rings. The van der Waals surface area contributed by atoms with Crippen molar-refractivity contribution in [3.63, 3.8) is 0 Å². The fourth-order valence-electron chi connectivity index (χ4n) is 2.39. The molecule has 0 atom stereocenters. The zero-order chi connectivity index (χ0) is 15.7. The van der Waals surface area contributed by atoms with Gasteiger partial charge in [-0.05, 0) is 17.7 Å². The summed E-state index contributed by atoms with van der Waals surface area (Å²) in [5.41, 5.74) is 1.21. The van der Waals surface area contributed by atoms with Crippen LogP contribution in [0.25, 0.3) is 10.9 Å². The Balaban J connectivity index is 2.17. The molecule has 0 amide bonds. The van der Waals surface area contributed by atoms with E-state index in [9.17, 15) is 20.2 Å². The minimum atomic E-state index is -0.647. The van der Waals surface area contributed by atoms with Gasteiger partial charge in [0.1, 0.15) is 0 Å². The Morgan fingerprint density at radius 1 is 1.14 bits per heavy atom. The first-order chi connectivity index (χ1) is 10.6. The molecule has 0 saturated carbocycles. The SMILES string of the molecule is O=[N+]([O-])c1cc([N+](=O)[O-])c2c(Cc3ccccn3)c[nH]c2c1. The lowest BCUT2D eigenvalue weighted by molar-refractivity contribution is -0.393. The van der Waals surface area contributed by atoms with Gasteiger partial charge in [0.05, 0.1) is 26.8 Å². The first kappa shape index (κ1) is 13.7. The number of nitro benzene ring substituents is 2. The molecular weight excluding hydrogens is 288 g/mol. The largest absolute Gasteiger partial charge is 0.360 e. The maximum atomic E-state index is 11.2. The summed E-state index contributed by atoms with van der Waals surface area (Å²) in [6.07, 6.45) is 3.67. The number of nitrogens with one attached hydrogen (secondary N) is 1. The Morgan fingerprint density at radius 2 is 1.95 bits per heavy atom. The number of benzene rings is 1. The van der Waals surface area contributed by atoms with Crippen molar-refractivity contribution in [1.29, 1.82) is 0 Å². The molecule has 1 N–H and O–H groups in total. The predicted octanol–water partition coefficient (Wildman–Crippen LogP) is 2.97. The highest BCUT2D eigenvalue weighted by atomic mass is 16.6. The summed E-state index contributed by atoms with van der Waals surface area (Å²) in [7, 11) is 0. The molecule has 0 aliphatic heterocycles. The first-order valence-electron chi connectivity index (χ1n) is 6.39. The second kappa shape index (κ2) is 5.24. The molecule has 0 radical (unpaired) electrons. The molecule has 2 heterocycles. The van der Waals surface area contributed by atoms with Crippen molar-refractivity contribution in [2.75, 3.05) is 0 Å². The Labute approximate surface area is 123 Å². The first-order valence-corrected chi connectivity index (χ1v) is 6.39. The summed E-state index contributed by atoms with van der Waals surface area (Å²) in [6, 6.07) is 7.71. The van der Waals surface area contributed by atoms with Crippen molar-refractivity contribution in [3.8, 4) is 0 Å². The topological polar surface area (TPSA) is 115 Å². The lowest BCUT2D eigenvalue weighted by Gasteiger charge is -2.01. The van der Waals surface area contributed by atoms with Gasteiger partial charge >= 0.3 is 0 Å². The number of non-ortho nitro benzene ring substituents is 2. The van der Waals surface area contributed by atoms with Crippen LogP contribution in [0.2, 0.25) is 0 Å². The smallest absolute Gasteiger partial charge is 0.285 e. The van der Waals surface area contributed by atoms with E-state index >= 15 is 0 Å². The number of nitrogens with zero attached hydrogens (tertiary/aromatic N) is 3. The lowest BCUT2D eigenvalue weighted by atomic mass is 10.1. The lowest BCUT2D eigenvalue weighted by Crippen LogP contribution is -1.96.